The molecule has 0 fully saturated rings. The van der Waals surface area contributed by atoms with E-state index in [1.165, 1.54) is 0 Å². The van der Waals surface area contributed by atoms with Crippen LogP contribution in [0.3, 0.4) is 0 Å². The molecule has 0 aliphatic heterocycles. The summed E-state index contributed by atoms with van der Waals surface area (Å²) in [5, 5.41) is 33.6. The quantitative estimate of drug-likeness (QED) is 0.0870. The second-order valence-corrected chi connectivity index (χ2v) is 14.6. The van der Waals surface area contributed by atoms with Gasteiger partial charge in [-0.3, -0.25) is 14.4 Å². The van der Waals surface area contributed by atoms with Crippen molar-refractivity contribution in [3.63, 3.8) is 0 Å². The Kier molecular flexibility index (Phi) is 16.3. The van der Waals surface area contributed by atoms with Crippen LogP contribution >= 0.6 is 24.0 Å². The summed E-state index contributed by atoms with van der Waals surface area (Å²) in [6.45, 7) is 9.39. The van der Waals surface area contributed by atoms with Gasteiger partial charge in [0.1, 0.15) is 18.1 Å². The number of para-hydroxylation sites is 1. The van der Waals surface area contributed by atoms with Crippen molar-refractivity contribution in [3.05, 3.63) is 60.2 Å². The normalized spacial score (nSPS) is 13.0. The van der Waals surface area contributed by atoms with Gasteiger partial charge in [-0.05, 0) is 72.0 Å². The van der Waals surface area contributed by atoms with Gasteiger partial charge in [0.25, 0.3) is 0 Å². The van der Waals surface area contributed by atoms with Crippen LogP contribution in [0.25, 0.3) is 0 Å². The van der Waals surface area contributed by atoms with Crippen molar-refractivity contribution in [2.75, 3.05) is 22.1 Å². The number of carbonyl (C=O) groups excluding carboxylic acids is 3. The molecule has 3 unspecified atom stereocenters. The Hall–Kier alpha value is -4.17. The minimum absolute atomic E-state index is 0.00408. The van der Waals surface area contributed by atoms with Crippen molar-refractivity contribution in [2.24, 2.45) is 11.3 Å². The number of hydrogen-bond donors (Lipinski definition) is 7. The van der Waals surface area contributed by atoms with E-state index in [0.29, 0.717) is 17.1 Å². The maximum atomic E-state index is 13.2. The third kappa shape index (κ3) is 16.1. The Balaban J connectivity index is 1.90. The SMILES string of the molecule is CC(C)CC(NC(=O)Cc1ccc(NC(=S)Nc2ccccc2)cc1)C(=O)NC(CSCCC(NC(=O)CC(C)(C)C)C(=O)O)C(=O)O. The standard InChI is InChI=1S/C34H47N5O7S2/c1-21(2)17-26(38-28(40)18-22-11-13-24(14-12-22)36-33(47)35-23-9-7-6-8-10-23)30(42)39-27(32(45)46)20-48-16-15-25(31(43)44)37-29(41)19-34(3,4)5/h6-14,21,25-27H,15-20H2,1-5H3,(H,37,41)(H,38,40)(H,39,42)(H,43,44)(H,45,46)(H2,35,36,47). The van der Waals surface area contributed by atoms with Gasteiger partial charge in [0.15, 0.2) is 5.11 Å². The molecule has 14 heteroatoms. The molecule has 0 aliphatic carbocycles. The molecule has 3 amide bonds. The number of hydrogen-bond acceptors (Lipinski definition) is 7. The van der Waals surface area contributed by atoms with Crippen LogP contribution in [-0.4, -0.2) is 74.6 Å². The van der Waals surface area contributed by atoms with Crippen LogP contribution < -0.4 is 26.6 Å². The molecule has 0 saturated heterocycles. The highest BCUT2D eigenvalue weighted by Crippen LogP contribution is 2.18. The molecule has 0 saturated carbocycles. The Morgan fingerprint density at radius 1 is 0.771 bits per heavy atom. The van der Waals surface area contributed by atoms with Gasteiger partial charge in [0.2, 0.25) is 17.7 Å². The lowest BCUT2D eigenvalue weighted by Crippen LogP contribution is -2.53. The van der Waals surface area contributed by atoms with Crippen LogP contribution in [-0.2, 0) is 30.4 Å². The fourth-order valence-electron chi connectivity index (χ4n) is 4.49. The molecule has 12 nitrogen and oxygen atoms in total. The molecule has 0 aromatic heterocycles. The first-order valence-electron chi connectivity index (χ1n) is 15.7. The first-order chi connectivity index (χ1) is 22.5. The third-order valence-electron chi connectivity index (χ3n) is 6.74. The minimum Gasteiger partial charge on any atom is -0.480 e. The van der Waals surface area contributed by atoms with Gasteiger partial charge in [0, 0.05) is 23.5 Å². The molecule has 3 atom stereocenters. The lowest BCUT2D eigenvalue weighted by Gasteiger charge is -2.23. The monoisotopic (exact) mass is 701 g/mol. The van der Waals surface area contributed by atoms with Gasteiger partial charge >= 0.3 is 11.9 Å². The fraction of sp³-hybridized carbons (Fsp3) is 0.471. The second-order valence-electron chi connectivity index (χ2n) is 13.0. The maximum absolute atomic E-state index is 13.2. The van der Waals surface area contributed by atoms with Crippen molar-refractivity contribution in [1.29, 1.82) is 0 Å². The van der Waals surface area contributed by atoms with Crippen molar-refractivity contribution < 1.29 is 34.2 Å². The Labute approximate surface area is 291 Å². The van der Waals surface area contributed by atoms with E-state index in [2.05, 4.69) is 26.6 Å². The van der Waals surface area contributed by atoms with Crippen LogP contribution in [0.5, 0.6) is 0 Å². The van der Waals surface area contributed by atoms with Crippen LogP contribution in [0, 0.1) is 11.3 Å². The van der Waals surface area contributed by atoms with E-state index >= 15 is 0 Å². The number of benzene rings is 2. The summed E-state index contributed by atoms with van der Waals surface area (Å²) in [4.78, 5) is 61.9. The molecule has 0 radical (unpaired) electrons. The van der Waals surface area contributed by atoms with Gasteiger partial charge in [0.05, 0.1) is 6.42 Å². The number of anilines is 2. The van der Waals surface area contributed by atoms with E-state index in [0.717, 1.165) is 23.1 Å². The summed E-state index contributed by atoms with van der Waals surface area (Å²) < 4.78 is 0. The molecule has 0 heterocycles. The summed E-state index contributed by atoms with van der Waals surface area (Å²) in [5.74, 6) is -3.60. The molecule has 2 rings (SSSR count). The number of thioether (sulfide) groups is 1. The average molecular weight is 702 g/mol. The zero-order chi connectivity index (χ0) is 35.9. The highest BCUT2D eigenvalue weighted by molar-refractivity contribution is 7.99. The molecule has 0 bridgehead atoms. The van der Waals surface area contributed by atoms with E-state index in [-0.39, 0.29) is 48.0 Å². The van der Waals surface area contributed by atoms with Crippen molar-refractivity contribution in [2.45, 2.75) is 78.4 Å². The van der Waals surface area contributed by atoms with E-state index in [1.807, 2.05) is 65.0 Å². The first-order valence-corrected chi connectivity index (χ1v) is 17.2. The molecule has 48 heavy (non-hydrogen) atoms. The highest BCUT2D eigenvalue weighted by Gasteiger charge is 2.28. The minimum atomic E-state index is -1.27. The predicted octanol–water partition coefficient (Wildman–Crippen LogP) is 4.27. The van der Waals surface area contributed by atoms with E-state index in [4.69, 9.17) is 12.2 Å². The Morgan fingerprint density at radius 2 is 1.33 bits per heavy atom. The van der Waals surface area contributed by atoms with Gasteiger partial charge in [-0.1, -0.05) is 65.0 Å². The van der Waals surface area contributed by atoms with E-state index in [9.17, 15) is 34.2 Å². The molecule has 0 aliphatic rings. The smallest absolute Gasteiger partial charge is 0.327 e. The highest BCUT2D eigenvalue weighted by atomic mass is 32.2. The average Bonchev–Trinajstić information content (AvgIpc) is 2.97. The number of carboxylic acid groups (broad SMARTS) is 2. The number of amides is 3. The van der Waals surface area contributed by atoms with Gasteiger partial charge in [-0.25, -0.2) is 9.59 Å². The molecule has 262 valence electrons. The molecule has 2 aromatic carbocycles. The van der Waals surface area contributed by atoms with Gasteiger partial charge < -0.3 is 36.8 Å². The number of rotatable bonds is 18. The first kappa shape index (κ1) is 40.0. The number of carbonyl (C=O) groups is 5. The van der Waals surface area contributed by atoms with Crippen molar-refractivity contribution >= 4 is 70.1 Å². The Bertz CT molecular complexity index is 1400. The summed E-state index contributed by atoms with van der Waals surface area (Å²) >= 11 is 6.50. The molecule has 0 spiro atoms. The number of nitrogens with one attached hydrogen (secondary N) is 5. The largest absolute Gasteiger partial charge is 0.480 e. The summed E-state index contributed by atoms with van der Waals surface area (Å²) in [5.41, 5.74) is 1.98. The van der Waals surface area contributed by atoms with Crippen LogP contribution in [0.15, 0.2) is 54.6 Å². The lowest BCUT2D eigenvalue weighted by molar-refractivity contribution is -0.142. The summed E-state index contributed by atoms with van der Waals surface area (Å²) in [7, 11) is 0. The molecular weight excluding hydrogens is 655 g/mol. The van der Waals surface area contributed by atoms with E-state index < -0.39 is 41.9 Å². The fourth-order valence-corrected chi connectivity index (χ4v) is 5.75. The van der Waals surface area contributed by atoms with E-state index in [1.54, 1.807) is 24.3 Å². The number of thiocarbonyl (C=S) groups is 1. The summed E-state index contributed by atoms with van der Waals surface area (Å²) in [6, 6.07) is 13.2. The zero-order valence-electron chi connectivity index (χ0n) is 28.0. The maximum Gasteiger partial charge on any atom is 0.327 e. The van der Waals surface area contributed by atoms with Crippen LogP contribution in [0.1, 0.15) is 59.4 Å². The van der Waals surface area contributed by atoms with Crippen LogP contribution in [0.4, 0.5) is 11.4 Å². The molecular formula is C34H47N5O7S2. The Morgan fingerprint density at radius 3 is 1.88 bits per heavy atom. The predicted molar refractivity (Wildman–Crippen MR) is 193 cm³/mol. The second kappa shape index (κ2) is 19.6. The van der Waals surface area contributed by atoms with Gasteiger partial charge in [-0.2, -0.15) is 11.8 Å². The molecule has 7 N–H and O–H groups in total. The summed E-state index contributed by atoms with van der Waals surface area (Å²) in [6.07, 6.45) is 0.540. The van der Waals surface area contributed by atoms with Gasteiger partial charge in [-0.15, -0.1) is 0 Å². The topological polar surface area (TPSA) is 186 Å². The zero-order valence-corrected chi connectivity index (χ0v) is 29.6. The lowest BCUT2D eigenvalue weighted by atomic mass is 9.92. The number of carboxylic acids is 2. The molecule has 2 aromatic rings. The van der Waals surface area contributed by atoms with Crippen molar-refractivity contribution in [1.82, 2.24) is 16.0 Å². The third-order valence-corrected chi connectivity index (χ3v) is 8.04. The van der Waals surface area contributed by atoms with Crippen LogP contribution in [0.2, 0.25) is 0 Å². The number of aliphatic carboxylic acids is 2. The van der Waals surface area contributed by atoms with Crippen molar-refractivity contribution in [3.8, 4) is 0 Å².